The van der Waals surface area contributed by atoms with Crippen molar-refractivity contribution in [2.45, 2.75) is 6.42 Å². The molecular formula is C10H12BrN3O. The fourth-order valence-electron chi connectivity index (χ4n) is 1.57. The summed E-state index contributed by atoms with van der Waals surface area (Å²) in [5.74, 6) is 0.165. The maximum absolute atomic E-state index is 11.7. The molecule has 0 aliphatic carbocycles. The molecule has 2 heterocycles. The third-order valence-corrected chi connectivity index (χ3v) is 2.90. The van der Waals surface area contributed by atoms with E-state index in [9.17, 15) is 4.79 Å². The van der Waals surface area contributed by atoms with Crippen molar-refractivity contribution >= 4 is 27.5 Å². The summed E-state index contributed by atoms with van der Waals surface area (Å²) in [6.07, 6.45) is 2.56. The van der Waals surface area contributed by atoms with Crippen LogP contribution in [0.4, 0.5) is 5.69 Å². The van der Waals surface area contributed by atoms with Crippen molar-refractivity contribution in [2.75, 3.05) is 18.4 Å². The average Bonchev–Trinajstić information content (AvgIpc) is 2.74. The van der Waals surface area contributed by atoms with Crippen LogP contribution in [0.3, 0.4) is 0 Å². The maximum Gasteiger partial charge on any atom is 0.228 e. The van der Waals surface area contributed by atoms with Gasteiger partial charge >= 0.3 is 0 Å². The Bertz CT molecular complexity index is 346. The molecule has 5 heteroatoms. The zero-order valence-electron chi connectivity index (χ0n) is 8.16. The van der Waals surface area contributed by atoms with Gasteiger partial charge in [0, 0.05) is 6.54 Å². The van der Waals surface area contributed by atoms with Crippen LogP contribution in [0.25, 0.3) is 0 Å². The van der Waals surface area contributed by atoms with E-state index in [1.54, 1.807) is 6.20 Å². The second-order valence-electron chi connectivity index (χ2n) is 3.55. The van der Waals surface area contributed by atoms with E-state index in [4.69, 9.17) is 0 Å². The maximum atomic E-state index is 11.7. The van der Waals surface area contributed by atoms with E-state index in [2.05, 4.69) is 31.5 Å². The number of hydrogen-bond acceptors (Lipinski definition) is 3. The largest absolute Gasteiger partial charge is 0.324 e. The Morgan fingerprint density at radius 3 is 3.07 bits per heavy atom. The molecule has 1 aromatic heterocycles. The van der Waals surface area contributed by atoms with Crippen molar-refractivity contribution in [1.82, 2.24) is 10.3 Å². The second kappa shape index (κ2) is 4.72. The third kappa shape index (κ3) is 2.76. The molecule has 2 rings (SSSR count). The monoisotopic (exact) mass is 269 g/mol. The van der Waals surface area contributed by atoms with Crippen LogP contribution in [0.15, 0.2) is 22.9 Å². The molecule has 1 amide bonds. The Kier molecular flexibility index (Phi) is 3.33. The second-order valence-corrected chi connectivity index (χ2v) is 4.36. The highest BCUT2D eigenvalue weighted by molar-refractivity contribution is 9.10. The normalized spacial score (nSPS) is 20.2. The molecule has 0 spiro atoms. The number of carbonyl (C=O) groups excluding carboxylic acids is 1. The number of rotatable bonds is 2. The molecule has 1 fully saturated rings. The van der Waals surface area contributed by atoms with Crippen molar-refractivity contribution in [1.29, 1.82) is 0 Å². The first-order valence-electron chi connectivity index (χ1n) is 4.89. The summed E-state index contributed by atoms with van der Waals surface area (Å²) in [5.41, 5.74) is 0.745. The minimum Gasteiger partial charge on any atom is -0.324 e. The van der Waals surface area contributed by atoms with Gasteiger partial charge in [0.05, 0.1) is 17.8 Å². The Morgan fingerprint density at radius 2 is 2.47 bits per heavy atom. The standard InChI is InChI=1S/C10H12BrN3O/c11-9-2-1-8(6-13-9)14-10(15)7-3-4-12-5-7/h1-2,6-7,12H,3-5H2,(H,14,15). The molecule has 0 bridgehead atoms. The predicted octanol–water partition coefficient (Wildman–Crippen LogP) is 1.39. The molecule has 2 N–H and O–H groups in total. The molecule has 1 aliphatic heterocycles. The average molecular weight is 270 g/mol. The van der Waals surface area contributed by atoms with Crippen LogP contribution in [0.2, 0.25) is 0 Å². The van der Waals surface area contributed by atoms with Gasteiger partial charge in [-0.25, -0.2) is 4.98 Å². The molecule has 1 atom stereocenters. The van der Waals surface area contributed by atoms with E-state index in [0.717, 1.165) is 29.8 Å². The Labute approximate surface area is 96.6 Å². The minimum atomic E-state index is 0.0733. The number of amides is 1. The minimum absolute atomic E-state index is 0.0733. The lowest BCUT2D eigenvalue weighted by molar-refractivity contribution is -0.119. The van der Waals surface area contributed by atoms with Gasteiger partial charge in [0.2, 0.25) is 5.91 Å². The predicted molar refractivity (Wildman–Crippen MR) is 61.5 cm³/mol. The van der Waals surface area contributed by atoms with E-state index in [-0.39, 0.29) is 11.8 Å². The summed E-state index contributed by atoms with van der Waals surface area (Å²) in [5, 5.41) is 6.01. The topological polar surface area (TPSA) is 54.0 Å². The smallest absolute Gasteiger partial charge is 0.228 e. The van der Waals surface area contributed by atoms with Gasteiger partial charge < -0.3 is 10.6 Å². The first-order chi connectivity index (χ1) is 7.25. The molecule has 15 heavy (non-hydrogen) atoms. The number of pyridine rings is 1. The highest BCUT2D eigenvalue weighted by atomic mass is 79.9. The van der Waals surface area contributed by atoms with Gasteiger partial charge in [0.1, 0.15) is 4.60 Å². The summed E-state index contributed by atoms with van der Waals surface area (Å²) in [7, 11) is 0. The van der Waals surface area contributed by atoms with E-state index >= 15 is 0 Å². The highest BCUT2D eigenvalue weighted by Crippen LogP contribution is 2.14. The molecule has 4 nitrogen and oxygen atoms in total. The zero-order valence-corrected chi connectivity index (χ0v) is 9.75. The molecule has 0 aromatic carbocycles. The Morgan fingerprint density at radius 1 is 1.60 bits per heavy atom. The number of anilines is 1. The van der Waals surface area contributed by atoms with Crippen LogP contribution in [-0.4, -0.2) is 24.0 Å². The van der Waals surface area contributed by atoms with E-state index in [1.807, 2.05) is 12.1 Å². The summed E-state index contributed by atoms with van der Waals surface area (Å²) < 4.78 is 0.767. The highest BCUT2D eigenvalue weighted by Gasteiger charge is 2.22. The van der Waals surface area contributed by atoms with E-state index in [0.29, 0.717) is 0 Å². The summed E-state index contributed by atoms with van der Waals surface area (Å²) in [6, 6.07) is 3.64. The summed E-state index contributed by atoms with van der Waals surface area (Å²) in [6.45, 7) is 1.70. The van der Waals surface area contributed by atoms with Crippen LogP contribution < -0.4 is 10.6 Å². The molecular weight excluding hydrogens is 258 g/mol. The van der Waals surface area contributed by atoms with Gasteiger partial charge in [0.25, 0.3) is 0 Å². The number of halogens is 1. The zero-order chi connectivity index (χ0) is 10.7. The van der Waals surface area contributed by atoms with Gasteiger partial charge in [0.15, 0.2) is 0 Å². The van der Waals surface area contributed by atoms with Gasteiger partial charge in [-0.05, 0) is 41.0 Å². The molecule has 0 saturated carbocycles. The molecule has 1 saturated heterocycles. The van der Waals surface area contributed by atoms with Gasteiger partial charge in [-0.2, -0.15) is 0 Å². The van der Waals surface area contributed by atoms with Crippen molar-refractivity contribution in [3.05, 3.63) is 22.9 Å². The number of nitrogens with zero attached hydrogens (tertiary/aromatic N) is 1. The van der Waals surface area contributed by atoms with Crippen LogP contribution >= 0.6 is 15.9 Å². The summed E-state index contributed by atoms with van der Waals surface area (Å²) in [4.78, 5) is 15.8. The van der Waals surface area contributed by atoms with Crippen LogP contribution in [0, 0.1) is 5.92 Å². The lowest BCUT2D eigenvalue weighted by Crippen LogP contribution is -2.24. The van der Waals surface area contributed by atoms with Crippen LogP contribution in [0.1, 0.15) is 6.42 Å². The van der Waals surface area contributed by atoms with Crippen molar-refractivity contribution in [2.24, 2.45) is 5.92 Å². The Balaban J connectivity index is 1.96. The first kappa shape index (κ1) is 10.6. The van der Waals surface area contributed by atoms with Crippen molar-refractivity contribution < 1.29 is 4.79 Å². The Hall–Kier alpha value is -0.940. The van der Waals surface area contributed by atoms with Crippen molar-refractivity contribution in [3.8, 4) is 0 Å². The summed E-state index contributed by atoms with van der Waals surface area (Å²) >= 11 is 3.24. The first-order valence-corrected chi connectivity index (χ1v) is 5.68. The van der Waals surface area contributed by atoms with Crippen LogP contribution in [0.5, 0.6) is 0 Å². The number of aromatic nitrogens is 1. The van der Waals surface area contributed by atoms with E-state index in [1.165, 1.54) is 0 Å². The number of hydrogen-bond donors (Lipinski definition) is 2. The van der Waals surface area contributed by atoms with Crippen molar-refractivity contribution in [3.63, 3.8) is 0 Å². The fourth-order valence-corrected chi connectivity index (χ4v) is 1.81. The molecule has 1 aromatic rings. The molecule has 0 radical (unpaired) electrons. The quantitative estimate of drug-likeness (QED) is 0.798. The van der Waals surface area contributed by atoms with Gasteiger partial charge in [-0.3, -0.25) is 4.79 Å². The molecule has 1 unspecified atom stereocenters. The lowest BCUT2D eigenvalue weighted by atomic mass is 10.1. The van der Waals surface area contributed by atoms with Gasteiger partial charge in [-0.1, -0.05) is 0 Å². The number of nitrogens with one attached hydrogen (secondary N) is 2. The van der Waals surface area contributed by atoms with Gasteiger partial charge in [-0.15, -0.1) is 0 Å². The van der Waals surface area contributed by atoms with Crippen LogP contribution in [-0.2, 0) is 4.79 Å². The lowest BCUT2D eigenvalue weighted by Gasteiger charge is -2.09. The SMILES string of the molecule is O=C(Nc1ccc(Br)nc1)C1CCNC1. The third-order valence-electron chi connectivity index (χ3n) is 2.43. The fraction of sp³-hybridized carbons (Fsp3) is 0.400. The molecule has 80 valence electrons. The molecule has 1 aliphatic rings. The van der Waals surface area contributed by atoms with E-state index < -0.39 is 0 Å². The number of carbonyl (C=O) groups is 1.